The first-order chi connectivity index (χ1) is 14.6. The number of rotatable bonds is 8. The molecule has 0 atom stereocenters. The van der Waals surface area contributed by atoms with E-state index >= 15 is 0 Å². The normalized spacial score (nSPS) is 14.0. The minimum Gasteiger partial charge on any atom is -0.493 e. The van der Waals surface area contributed by atoms with E-state index in [9.17, 15) is 9.59 Å². The number of benzene rings is 1. The number of hydrogen-bond donors (Lipinski definition) is 0. The van der Waals surface area contributed by atoms with E-state index in [4.69, 9.17) is 13.9 Å². The Morgan fingerprint density at radius 2 is 1.87 bits per heavy atom. The van der Waals surface area contributed by atoms with Crippen molar-refractivity contribution >= 4 is 40.5 Å². The maximum atomic E-state index is 13.2. The van der Waals surface area contributed by atoms with Crippen LogP contribution in [0, 0.1) is 0 Å². The zero-order chi connectivity index (χ0) is 21.1. The summed E-state index contributed by atoms with van der Waals surface area (Å²) in [6.07, 6.45) is 1.59. The van der Waals surface area contributed by atoms with Crippen LogP contribution >= 0.6 is 23.1 Å². The highest BCUT2D eigenvalue weighted by molar-refractivity contribution is 8.03. The van der Waals surface area contributed by atoms with Crippen molar-refractivity contribution in [3.63, 3.8) is 0 Å². The van der Waals surface area contributed by atoms with Gasteiger partial charge in [-0.15, -0.1) is 23.1 Å². The standard InChI is InChI=1S/C22H19NO5S2/c1-26-16-8-7-14(11-17(16)27-2)12-23-21(24)19(18-6-4-10-29-18)20(22(23)25)30-13-15-5-3-9-28-15/h3-11H,12-13H2,1-2H3. The SMILES string of the molecule is COc1ccc(CN2C(=O)C(SCc3ccco3)=C(c3cccs3)C2=O)cc1OC. The third-order valence-electron chi connectivity index (χ3n) is 4.62. The van der Waals surface area contributed by atoms with Crippen LogP contribution < -0.4 is 9.47 Å². The second kappa shape index (κ2) is 8.81. The number of carbonyl (C=O) groups is 2. The molecule has 0 spiro atoms. The van der Waals surface area contributed by atoms with Crippen molar-refractivity contribution < 1.29 is 23.5 Å². The molecule has 0 N–H and O–H groups in total. The monoisotopic (exact) mass is 441 g/mol. The smallest absolute Gasteiger partial charge is 0.268 e. The van der Waals surface area contributed by atoms with Crippen LogP contribution in [0.4, 0.5) is 0 Å². The van der Waals surface area contributed by atoms with Gasteiger partial charge in [-0.3, -0.25) is 14.5 Å². The van der Waals surface area contributed by atoms with Crippen molar-refractivity contribution in [2.45, 2.75) is 12.3 Å². The van der Waals surface area contributed by atoms with Gasteiger partial charge in [-0.1, -0.05) is 12.1 Å². The predicted molar refractivity (Wildman–Crippen MR) is 116 cm³/mol. The third-order valence-corrected chi connectivity index (χ3v) is 6.60. The molecule has 30 heavy (non-hydrogen) atoms. The van der Waals surface area contributed by atoms with Crippen LogP contribution in [0.5, 0.6) is 11.5 Å². The zero-order valence-electron chi connectivity index (χ0n) is 16.4. The molecule has 1 aliphatic rings. The first kappa shape index (κ1) is 20.3. The van der Waals surface area contributed by atoms with Gasteiger partial charge >= 0.3 is 0 Å². The van der Waals surface area contributed by atoms with Crippen LogP contribution in [-0.4, -0.2) is 30.9 Å². The van der Waals surface area contributed by atoms with Gasteiger partial charge in [0.25, 0.3) is 11.8 Å². The van der Waals surface area contributed by atoms with Gasteiger partial charge in [0, 0.05) is 4.88 Å². The Hall–Kier alpha value is -2.97. The van der Waals surface area contributed by atoms with Crippen LogP contribution in [0.15, 0.2) is 63.4 Å². The number of thioether (sulfide) groups is 1. The fourth-order valence-electron chi connectivity index (χ4n) is 3.17. The highest BCUT2D eigenvalue weighted by Crippen LogP contribution is 2.40. The van der Waals surface area contributed by atoms with Gasteiger partial charge in [-0.25, -0.2) is 0 Å². The lowest BCUT2D eigenvalue weighted by Crippen LogP contribution is -2.30. The molecule has 0 saturated carbocycles. The summed E-state index contributed by atoms with van der Waals surface area (Å²) in [5, 5.41) is 1.89. The second-order valence-corrected chi connectivity index (χ2v) is 8.37. The first-order valence-electron chi connectivity index (χ1n) is 9.12. The number of thiophene rings is 1. The highest BCUT2D eigenvalue weighted by atomic mass is 32.2. The van der Waals surface area contributed by atoms with Gasteiger partial charge in [0.1, 0.15) is 5.76 Å². The van der Waals surface area contributed by atoms with Gasteiger partial charge in [0.05, 0.1) is 43.3 Å². The Morgan fingerprint density at radius 1 is 1.03 bits per heavy atom. The number of methoxy groups -OCH3 is 2. The Bertz CT molecular complexity index is 1090. The summed E-state index contributed by atoms with van der Waals surface area (Å²) < 4.78 is 16.0. The average molecular weight is 442 g/mol. The van der Waals surface area contributed by atoms with E-state index in [0.717, 1.165) is 16.2 Å². The lowest BCUT2D eigenvalue weighted by molar-refractivity contribution is -0.137. The van der Waals surface area contributed by atoms with Gasteiger partial charge in [-0.05, 0) is 41.3 Å². The fraction of sp³-hybridized carbons (Fsp3) is 0.182. The molecule has 1 aliphatic heterocycles. The summed E-state index contributed by atoms with van der Waals surface area (Å²) in [6.45, 7) is 0.151. The van der Waals surface area contributed by atoms with Gasteiger partial charge in [0.2, 0.25) is 0 Å². The Balaban J connectivity index is 1.62. The van der Waals surface area contributed by atoms with Crippen LogP contribution in [0.2, 0.25) is 0 Å². The molecule has 2 aromatic heterocycles. The number of furan rings is 1. The number of ether oxygens (including phenoxy) is 2. The van der Waals surface area contributed by atoms with Crippen molar-refractivity contribution in [3.8, 4) is 11.5 Å². The Labute approximate surface area is 182 Å². The summed E-state index contributed by atoms with van der Waals surface area (Å²) in [6, 6.07) is 12.7. The fourth-order valence-corrected chi connectivity index (χ4v) is 5.03. The first-order valence-corrected chi connectivity index (χ1v) is 11.0. The summed E-state index contributed by atoms with van der Waals surface area (Å²) in [4.78, 5) is 28.9. The van der Waals surface area contributed by atoms with E-state index in [1.165, 1.54) is 28.0 Å². The third kappa shape index (κ3) is 3.88. The maximum absolute atomic E-state index is 13.2. The molecule has 0 aliphatic carbocycles. The van der Waals surface area contributed by atoms with E-state index in [1.807, 2.05) is 29.6 Å². The molecular weight excluding hydrogens is 422 g/mol. The van der Waals surface area contributed by atoms with E-state index < -0.39 is 0 Å². The van der Waals surface area contributed by atoms with Crippen molar-refractivity contribution in [1.29, 1.82) is 0 Å². The van der Waals surface area contributed by atoms with Gasteiger partial charge in [-0.2, -0.15) is 0 Å². The van der Waals surface area contributed by atoms with Crippen LogP contribution in [0.25, 0.3) is 5.57 Å². The number of amides is 2. The lowest BCUT2D eigenvalue weighted by atomic mass is 10.2. The minimum atomic E-state index is -0.297. The van der Waals surface area contributed by atoms with Crippen molar-refractivity contribution in [3.05, 3.63) is 75.2 Å². The molecule has 0 unspecified atom stereocenters. The van der Waals surface area contributed by atoms with E-state index in [0.29, 0.717) is 27.7 Å². The molecule has 0 saturated heterocycles. The molecule has 4 rings (SSSR count). The predicted octanol–water partition coefficient (Wildman–Crippen LogP) is 4.57. The van der Waals surface area contributed by atoms with E-state index in [1.54, 1.807) is 38.7 Å². The average Bonchev–Trinajstić information content (AvgIpc) is 3.51. The molecule has 0 radical (unpaired) electrons. The van der Waals surface area contributed by atoms with Crippen LogP contribution in [0.3, 0.4) is 0 Å². The molecule has 0 bridgehead atoms. The summed E-state index contributed by atoms with van der Waals surface area (Å²) in [7, 11) is 3.11. The minimum absolute atomic E-state index is 0.151. The zero-order valence-corrected chi connectivity index (χ0v) is 18.0. The number of nitrogens with zero attached hydrogens (tertiary/aromatic N) is 1. The van der Waals surface area contributed by atoms with Gasteiger partial charge in [0.15, 0.2) is 11.5 Å². The topological polar surface area (TPSA) is 69.0 Å². The van der Waals surface area contributed by atoms with Crippen LogP contribution in [0.1, 0.15) is 16.2 Å². The molecular formula is C22H19NO5S2. The molecule has 0 fully saturated rings. The summed E-state index contributed by atoms with van der Waals surface area (Å²) in [5.41, 5.74) is 1.23. The van der Waals surface area contributed by atoms with Gasteiger partial charge < -0.3 is 13.9 Å². The summed E-state index contributed by atoms with van der Waals surface area (Å²) >= 11 is 2.77. The highest BCUT2D eigenvalue weighted by Gasteiger charge is 2.39. The van der Waals surface area contributed by atoms with Crippen molar-refractivity contribution in [2.24, 2.45) is 0 Å². The Kier molecular flexibility index (Phi) is 5.96. The number of carbonyl (C=O) groups excluding carboxylic acids is 2. The van der Waals surface area contributed by atoms with Crippen LogP contribution in [-0.2, 0) is 21.9 Å². The molecule has 154 valence electrons. The number of hydrogen-bond acceptors (Lipinski definition) is 7. The quantitative estimate of drug-likeness (QED) is 0.477. The molecule has 6 nitrogen and oxygen atoms in total. The Morgan fingerprint density at radius 3 is 2.53 bits per heavy atom. The second-order valence-electron chi connectivity index (χ2n) is 6.44. The van der Waals surface area contributed by atoms with Crippen molar-refractivity contribution in [2.75, 3.05) is 14.2 Å². The molecule has 1 aromatic carbocycles. The molecule has 3 heterocycles. The molecule has 2 amide bonds. The van der Waals surface area contributed by atoms with E-state index in [2.05, 4.69) is 0 Å². The number of imide groups is 1. The van der Waals surface area contributed by atoms with Crippen molar-refractivity contribution in [1.82, 2.24) is 4.90 Å². The largest absolute Gasteiger partial charge is 0.493 e. The molecule has 3 aromatic rings. The molecule has 8 heteroatoms. The summed E-state index contributed by atoms with van der Waals surface area (Å²) in [5.74, 6) is 1.77. The van der Waals surface area contributed by atoms with E-state index in [-0.39, 0.29) is 18.4 Å². The lowest BCUT2D eigenvalue weighted by Gasteiger charge is -2.16. The maximum Gasteiger partial charge on any atom is 0.268 e.